The molecule has 1 aromatic carbocycles. The van der Waals surface area contributed by atoms with Gasteiger partial charge in [-0.1, -0.05) is 12.1 Å². The van der Waals surface area contributed by atoms with E-state index >= 15 is 0 Å². The number of hydrogen-bond donors (Lipinski definition) is 2. The van der Waals surface area contributed by atoms with Crippen LogP contribution >= 0.6 is 0 Å². The molecule has 2 rings (SSSR count). The van der Waals surface area contributed by atoms with Gasteiger partial charge in [0.25, 0.3) is 0 Å². The van der Waals surface area contributed by atoms with Gasteiger partial charge >= 0.3 is 0 Å². The lowest BCUT2D eigenvalue weighted by molar-refractivity contribution is -0.120. The molecule has 0 saturated carbocycles. The summed E-state index contributed by atoms with van der Waals surface area (Å²) >= 11 is 0. The summed E-state index contributed by atoms with van der Waals surface area (Å²) in [6.07, 6.45) is 0. The fraction of sp³-hybridized carbons (Fsp3) is 0.500. The number of amides is 1. The number of carbonyl (C=O) groups is 1. The standard InChI is InChI=1S/C14H21N3O2/c1-17(2)7-10-4-3-5-11(6-10)16-14(18)12-8-19-9-13(12)15/h3-6,12-13H,7-9,15H2,1-2H3,(H,16,18). The molecule has 104 valence electrons. The van der Waals surface area contributed by atoms with E-state index in [1.54, 1.807) is 0 Å². The van der Waals surface area contributed by atoms with Gasteiger partial charge in [-0.05, 0) is 31.8 Å². The van der Waals surface area contributed by atoms with Crippen LogP contribution in [0.25, 0.3) is 0 Å². The zero-order valence-electron chi connectivity index (χ0n) is 11.4. The Bertz CT molecular complexity index is 448. The van der Waals surface area contributed by atoms with E-state index in [0.717, 1.165) is 17.8 Å². The summed E-state index contributed by atoms with van der Waals surface area (Å²) in [6.45, 7) is 1.71. The lowest BCUT2D eigenvalue weighted by atomic mass is 10.0. The van der Waals surface area contributed by atoms with Crippen LogP contribution in [0.5, 0.6) is 0 Å². The van der Waals surface area contributed by atoms with Crippen molar-refractivity contribution in [3.8, 4) is 0 Å². The molecule has 19 heavy (non-hydrogen) atoms. The minimum atomic E-state index is -0.252. The van der Waals surface area contributed by atoms with Crippen molar-refractivity contribution in [2.24, 2.45) is 11.7 Å². The number of nitrogens with two attached hydrogens (primary N) is 1. The van der Waals surface area contributed by atoms with Crippen LogP contribution < -0.4 is 11.1 Å². The van der Waals surface area contributed by atoms with E-state index in [0.29, 0.717) is 13.2 Å². The van der Waals surface area contributed by atoms with Crippen molar-refractivity contribution in [1.29, 1.82) is 0 Å². The molecule has 0 aromatic heterocycles. The SMILES string of the molecule is CN(C)Cc1cccc(NC(=O)C2COCC2N)c1. The highest BCUT2D eigenvalue weighted by Crippen LogP contribution is 2.17. The molecule has 5 nitrogen and oxygen atoms in total. The topological polar surface area (TPSA) is 67.6 Å². The Kier molecular flexibility index (Phi) is 4.52. The van der Waals surface area contributed by atoms with Gasteiger partial charge in [0, 0.05) is 18.3 Å². The van der Waals surface area contributed by atoms with E-state index in [1.165, 1.54) is 0 Å². The molecule has 0 spiro atoms. The smallest absolute Gasteiger partial charge is 0.231 e. The number of carbonyl (C=O) groups excluding carboxylic acids is 1. The monoisotopic (exact) mass is 263 g/mol. The molecule has 1 aromatic rings. The quantitative estimate of drug-likeness (QED) is 0.837. The van der Waals surface area contributed by atoms with E-state index in [2.05, 4.69) is 10.2 Å². The number of hydrogen-bond acceptors (Lipinski definition) is 4. The number of nitrogens with zero attached hydrogens (tertiary/aromatic N) is 1. The van der Waals surface area contributed by atoms with Crippen LogP contribution in [-0.2, 0) is 16.1 Å². The lowest BCUT2D eigenvalue weighted by Gasteiger charge is -2.15. The second-order valence-electron chi connectivity index (χ2n) is 5.24. The molecule has 1 heterocycles. The second-order valence-corrected chi connectivity index (χ2v) is 5.24. The van der Waals surface area contributed by atoms with Crippen LogP contribution in [0, 0.1) is 5.92 Å². The van der Waals surface area contributed by atoms with E-state index in [-0.39, 0.29) is 17.9 Å². The van der Waals surface area contributed by atoms with Crippen molar-refractivity contribution in [3.05, 3.63) is 29.8 Å². The van der Waals surface area contributed by atoms with Gasteiger partial charge in [0.15, 0.2) is 0 Å². The largest absolute Gasteiger partial charge is 0.379 e. The highest BCUT2D eigenvalue weighted by molar-refractivity contribution is 5.93. The molecule has 1 aliphatic rings. The van der Waals surface area contributed by atoms with Crippen LogP contribution in [0.2, 0.25) is 0 Å². The molecule has 1 fully saturated rings. The van der Waals surface area contributed by atoms with Gasteiger partial charge < -0.3 is 20.7 Å². The van der Waals surface area contributed by atoms with Crippen molar-refractivity contribution in [3.63, 3.8) is 0 Å². The van der Waals surface area contributed by atoms with Gasteiger partial charge in [0.2, 0.25) is 5.91 Å². The van der Waals surface area contributed by atoms with Gasteiger partial charge in [0.1, 0.15) is 0 Å². The number of anilines is 1. The average molecular weight is 263 g/mol. The van der Waals surface area contributed by atoms with E-state index in [9.17, 15) is 4.79 Å². The first kappa shape index (κ1) is 14.0. The maximum atomic E-state index is 12.1. The van der Waals surface area contributed by atoms with Crippen molar-refractivity contribution in [2.45, 2.75) is 12.6 Å². The molecule has 5 heteroatoms. The summed E-state index contributed by atoms with van der Waals surface area (Å²) in [7, 11) is 4.03. The third-order valence-corrected chi connectivity index (χ3v) is 3.15. The first-order chi connectivity index (χ1) is 9.06. The molecular weight excluding hydrogens is 242 g/mol. The van der Waals surface area contributed by atoms with Crippen LogP contribution in [0.3, 0.4) is 0 Å². The Hall–Kier alpha value is -1.43. The minimum absolute atomic E-state index is 0.0630. The van der Waals surface area contributed by atoms with Crippen molar-refractivity contribution >= 4 is 11.6 Å². The van der Waals surface area contributed by atoms with Crippen LogP contribution in [-0.4, -0.2) is 44.2 Å². The number of benzene rings is 1. The molecular formula is C14H21N3O2. The molecule has 1 saturated heterocycles. The Balaban J connectivity index is 2.00. The molecule has 1 aliphatic heterocycles. The van der Waals surface area contributed by atoms with Gasteiger partial charge in [-0.25, -0.2) is 0 Å². The normalized spacial score (nSPS) is 22.7. The molecule has 2 unspecified atom stereocenters. The van der Waals surface area contributed by atoms with E-state index in [4.69, 9.17) is 10.5 Å². The van der Waals surface area contributed by atoms with Gasteiger partial charge in [-0.15, -0.1) is 0 Å². The molecule has 0 bridgehead atoms. The maximum absolute atomic E-state index is 12.1. The Morgan fingerprint density at radius 2 is 2.26 bits per heavy atom. The van der Waals surface area contributed by atoms with Crippen LogP contribution in [0.15, 0.2) is 24.3 Å². The van der Waals surface area contributed by atoms with Crippen molar-refractivity contribution < 1.29 is 9.53 Å². The molecule has 0 radical (unpaired) electrons. The van der Waals surface area contributed by atoms with Gasteiger partial charge in [0.05, 0.1) is 19.1 Å². The zero-order chi connectivity index (χ0) is 13.8. The summed E-state index contributed by atoms with van der Waals surface area (Å²) in [6, 6.07) is 7.65. The van der Waals surface area contributed by atoms with Gasteiger partial charge in [-0.2, -0.15) is 0 Å². The summed E-state index contributed by atoms with van der Waals surface area (Å²) < 4.78 is 5.21. The Morgan fingerprint density at radius 1 is 1.47 bits per heavy atom. The Labute approximate surface area is 113 Å². The number of nitrogens with one attached hydrogen (secondary N) is 1. The van der Waals surface area contributed by atoms with E-state index in [1.807, 2.05) is 38.4 Å². The first-order valence-electron chi connectivity index (χ1n) is 6.44. The lowest BCUT2D eigenvalue weighted by Crippen LogP contribution is -2.37. The Morgan fingerprint density at radius 3 is 2.89 bits per heavy atom. The van der Waals surface area contributed by atoms with Gasteiger partial charge in [-0.3, -0.25) is 4.79 Å². The fourth-order valence-corrected chi connectivity index (χ4v) is 2.19. The third kappa shape index (κ3) is 3.76. The highest BCUT2D eigenvalue weighted by Gasteiger charge is 2.31. The highest BCUT2D eigenvalue weighted by atomic mass is 16.5. The third-order valence-electron chi connectivity index (χ3n) is 3.15. The fourth-order valence-electron chi connectivity index (χ4n) is 2.19. The van der Waals surface area contributed by atoms with Crippen LogP contribution in [0.4, 0.5) is 5.69 Å². The number of ether oxygens (including phenoxy) is 1. The molecule has 0 aliphatic carbocycles. The first-order valence-corrected chi connectivity index (χ1v) is 6.44. The van der Waals surface area contributed by atoms with Crippen LogP contribution in [0.1, 0.15) is 5.56 Å². The minimum Gasteiger partial charge on any atom is -0.379 e. The predicted octanol–water partition coefficient (Wildman–Crippen LogP) is 0.660. The maximum Gasteiger partial charge on any atom is 0.231 e. The van der Waals surface area contributed by atoms with E-state index < -0.39 is 0 Å². The van der Waals surface area contributed by atoms with Crippen molar-refractivity contribution in [2.75, 3.05) is 32.6 Å². The number of rotatable bonds is 4. The second kappa shape index (κ2) is 6.14. The summed E-state index contributed by atoms with van der Waals surface area (Å²) in [5.74, 6) is -0.315. The summed E-state index contributed by atoms with van der Waals surface area (Å²) in [5, 5.41) is 2.91. The zero-order valence-corrected chi connectivity index (χ0v) is 11.4. The molecule has 2 atom stereocenters. The predicted molar refractivity (Wildman–Crippen MR) is 74.7 cm³/mol. The molecule has 3 N–H and O–H groups in total. The average Bonchev–Trinajstić information content (AvgIpc) is 2.75. The summed E-state index contributed by atoms with van der Waals surface area (Å²) in [4.78, 5) is 14.2. The summed E-state index contributed by atoms with van der Waals surface area (Å²) in [5.41, 5.74) is 7.81. The van der Waals surface area contributed by atoms with Crippen molar-refractivity contribution in [1.82, 2.24) is 4.90 Å². The molecule has 1 amide bonds.